The molecule has 0 aliphatic carbocycles. The molecule has 3 heteroatoms. The average Bonchev–Trinajstić information content (AvgIpc) is 3.32. The first-order valence-electron chi connectivity index (χ1n) is 12.8. The lowest BCUT2D eigenvalue weighted by Crippen LogP contribution is -2.30. The number of hydrogen-bond donors (Lipinski definition) is 0. The van der Waals surface area contributed by atoms with Gasteiger partial charge in [-0.05, 0) is 58.1 Å². The van der Waals surface area contributed by atoms with E-state index in [0.29, 0.717) is 11.1 Å². The standard InChI is InChI=1S/C35H25FNO/c1-22-12-15-28-29-16-17-30(36)33(27-14-13-24-10-6-7-11-25(24)20-27)35(29)38-34(28)32(22)31-21-26(18-19-37(31)2)23-8-4-3-5-9-23/h3-21H,1-2H3/q+1. The van der Waals surface area contributed by atoms with E-state index >= 15 is 4.39 Å². The molecule has 2 aromatic heterocycles. The molecular weight excluding hydrogens is 469 g/mol. The Balaban J connectivity index is 1.50. The van der Waals surface area contributed by atoms with Gasteiger partial charge in [0.25, 0.3) is 0 Å². The summed E-state index contributed by atoms with van der Waals surface area (Å²) in [6.45, 7) is 2.10. The molecule has 0 fully saturated rings. The molecule has 38 heavy (non-hydrogen) atoms. The van der Waals surface area contributed by atoms with Crippen LogP contribution in [0.5, 0.6) is 0 Å². The van der Waals surface area contributed by atoms with Gasteiger partial charge >= 0.3 is 0 Å². The van der Waals surface area contributed by atoms with Crippen molar-refractivity contribution in [3.8, 4) is 33.5 Å². The molecule has 5 aromatic carbocycles. The van der Waals surface area contributed by atoms with Crippen LogP contribution in [-0.4, -0.2) is 0 Å². The second-order valence-corrected chi connectivity index (χ2v) is 9.87. The molecule has 0 saturated carbocycles. The van der Waals surface area contributed by atoms with E-state index in [-0.39, 0.29) is 5.82 Å². The highest BCUT2D eigenvalue weighted by Crippen LogP contribution is 2.42. The molecule has 0 aliphatic heterocycles. The highest BCUT2D eigenvalue weighted by Gasteiger charge is 2.24. The van der Waals surface area contributed by atoms with Crippen LogP contribution < -0.4 is 4.57 Å². The SMILES string of the molecule is Cc1ccc2c(oc3c(-c4ccc5ccccc5c4)c(F)ccc32)c1-c1cc(-c2ccccc2)cc[n+]1C. The third-order valence-electron chi connectivity index (χ3n) is 7.52. The number of aryl methyl sites for hydroxylation is 2. The molecule has 0 bridgehead atoms. The van der Waals surface area contributed by atoms with Crippen LogP contribution in [0, 0.1) is 12.7 Å². The molecule has 0 amide bonds. The van der Waals surface area contributed by atoms with E-state index < -0.39 is 0 Å². The summed E-state index contributed by atoms with van der Waals surface area (Å²) in [5, 5.41) is 4.08. The minimum absolute atomic E-state index is 0.290. The molecule has 0 radical (unpaired) electrons. The monoisotopic (exact) mass is 494 g/mol. The van der Waals surface area contributed by atoms with Gasteiger partial charge in [-0.1, -0.05) is 78.9 Å². The number of halogens is 1. The number of hydrogen-bond acceptors (Lipinski definition) is 1. The highest BCUT2D eigenvalue weighted by atomic mass is 19.1. The molecular formula is C35H25FNO+. The van der Waals surface area contributed by atoms with Gasteiger partial charge in [0.2, 0.25) is 5.69 Å². The number of benzene rings is 5. The summed E-state index contributed by atoms with van der Waals surface area (Å²) in [5.41, 5.74) is 8.10. The van der Waals surface area contributed by atoms with Crippen LogP contribution in [0.15, 0.2) is 120 Å². The van der Waals surface area contributed by atoms with Crippen LogP contribution >= 0.6 is 0 Å². The smallest absolute Gasteiger partial charge is 0.216 e. The molecule has 0 spiro atoms. The van der Waals surface area contributed by atoms with Crippen LogP contribution in [0.25, 0.3) is 66.2 Å². The molecule has 0 unspecified atom stereocenters. The van der Waals surface area contributed by atoms with Crippen LogP contribution in [0.3, 0.4) is 0 Å². The van der Waals surface area contributed by atoms with Crippen molar-refractivity contribution in [1.29, 1.82) is 0 Å². The maximum absolute atomic E-state index is 15.5. The Morgan fingerprint density at radius 2 is 1.32 bits per heavy atom. The zero-order chi connectivity index (χ0) is 25.8. The Morgan fingerprint density at radius 1 is 0.605 bits per heavy atom. The quantitative estimate of drug-likeness (QED) is 0.224. The van der Waals surface area contributed by atoms with Gasteiger partial charge in [-0.25, -0.2) is 8.96 Å². The molecule has 0 aliphatic rings. The van der Waals surface area contributed by atoms with E-state index in [1.165, 1.54) is 0 Å². The van der Waals surface area contributed by atoms with Crippen molar-refractivity contribution in [2.45, 2.75) is 6.92 Å². The summed E-state index contributed by atoms with van der Waals surface area (Å²) < 4.78 is 24.2. The third-order valence-corrected chi connectivity index (χ3v) is 7.52. The molecule has 182 valence electrons. The fraction of sp³-hybridized carbons (Fsp3) is 0.0571. The van der Waals surface area contributed by atoms with E-state index in [9.17, 15) is 0 Å². The van der Waals surface area contributed by atoms with Gasteiger partial charge in [-0.15, -0.1) is 0 Å². The van der Waals surface area contributed by atoms with Crippen molar-refractivity contribution in [2.75, 3.05) is 0 Å². The number of aromatic nitrogens is 1. The summed E-state index contributed by atoms with van der Waals surface area (Å²) in [6, 6.07) is 36.5. The number of furan rings is 1. The number of nitrogens with zero attached hydrogens (tertiary/aromatic N) is 1. The Hall–Kier alpha value is -4.76. The average molecular weight is 495 g/mol. The molecule has 2 heterocycles. The molecule has 2 nitrogen and oxygen atoms in total. The van der Waals surface area contributed by atoms with Crippen molar-refractivity contribution in [3.05, 3.63) is 127 Å². The minimum Gasteiger partial charge on any atom is -0.454 e. The fourth-order valence-electron chi connectivity index (χ4n) is 5.54. The van der Waals surface area contributed by atoms with Gasteiger partial charge in [0.05, 0.1) is 11.1 Å². The van der Waals surface area contributed by atoms with Crippen LogP contribution in [0.2, 0.25) is 0 Å². The molecule has 0 atom stereocenters. The van der Waals surface area contributed by atoms with Gasteiger partial charge in [-0.2, -0.15) is 0 Å². The summed E-state index contributed by atoms with van der Waals surface area (Å²) in [5.74, 6) is -0.290. The van der Waals surface area contributed by atoms with E-state index in [1.54, 1.807) is 6.07 Å². The summed E-state index contributed by atoms with van der Waals surface area (Å²) in [4.78, 5) is 0. The van der Waals surface area contributed by atoms with Gasteiger partial charge in [0.1, 0.15) is 24.0 Å². The predicted octanol–water partition coefficient (Wildman–Crippen LogP) is 9.01. The number of fused-ring (bicyclic) bond motifs is 4. The Bertz CT molecular complexity index is 2000. The number of rotatable bonds is 3. The molecule has 7 rings (SSSR count). The van der Waals surface area contributed by atoms with Crippen LogP contribution in [0.4, 0.5) is 4.39 Å². The van der Waals surface area contributed by atoms with Gasteiger partial charge in [0.15, 0.2) is 6.20 Å². The van der Waals surface area contributed by atoms with Crippen LogP contribution in [-0.2, 0) is 7.05 Å². The zero-order valence-corrected chi connectivity index (χ0v) is 21.2. The van der Waals surface area contributed by atoms with Crippen molar-refractivity contribution in [3.63, 3.8) is 0 Å². The maximum atomic E-state index is 15.5. The van der Waals surface area contributed by atoms with E-state index in [2.05, 4.69) is 78.4 Å². The lowest BCUT2D eigenvalue weighted by molar-refractivity contribution is -0.660. The third kappa shape index (κ3) is 3.51. The van der Waals surface area contributed by atoms with Crippen molar-refractivity contribution < 1.29 is 13.4 Å². The largest absolute Gasteiger partial charge is 0.454 e. The van der Waals surface area contributed by atoms with E-state index in [4.69, 9.17) is 4.42 Å². The first-order valence-corrected chi connectivity index (χ1v) is 12.8. The van der Waals surface area contributed by atoms with Crippen LogP contribution in [0.1, 0.15) is 5.56 Å². The molecule has 0 N–H and O–H groups in total. The number of pyridine rings is 1. The van der Waals surface area contributed by atoms with E-state index in [1.807, 2.05) is 49.5 Å². The zero-order valence-electron chi connectivity index (χ0n) is 21.2. The van der Waals surface area contributed by atoms with Crippen molar-refractivity contribution in [1.82, 2.24) is 0 Å². The Kier molecular flexibility index (Phi) is 5.12. The lowest BCUT2D eigenvalue weighted by Gasteiger charge is -2.08. The predicted molar refractivity (Wildman–Crippen MR) is 153 cm³/mol. The minimum atomic E-state index is -0.290. The summed E-state index contributed by atoms with van der Waals surface area (Å²) >= 11 is 0. The first kappa shape index (κ1) is 22.4. The lowest BCUT2D eigenvalue weighted by atomic mass is 9.96. The summed E-state index contributed by atoms with van der Waals surface area (Å²) in [7, 11) is 2.05. The van der Waals surface area contributed by atoms with E-state index in [0.717, 1.165) is 60.6 Å². The van der Waals surface area contributed by atoms with Gasteiger partial charge in [0, 0.05) is 22.9 Å². The Morgan fingerprint density at radius 3 is 2.13 bits per heavy atom. The molecule has 0 saturated heterocycles. The fourth-order valence-corrected chi connectivity index (χ4v) is 5.54. The van der Waals surface area contributed by atoms with Crippen molar-refractivity contribution >= 4 is 32.7 Å². The Labute approximate surface area is 220 Å². The van der Waals surface area contributed by atoms with Gasteiger partial charge < -0.3 is 4.42 Å². The second-order valence-electron chi connectivity index (χ2n) is 9.87. The first-order chi connectivity index (χ1) is 18.6. The topological polar surface area (TPSA) is 17.0 Å². The van der Waals surface area contributed by atoms with Crippen molar-refractivity contribution in [2.24, 2.45) is 7.05 Å². The second kappa shape index (κ2) is 8.67. The van der Waals surface area contributed by atoms with Gasteiger partial charge in [-0.3, -0.25) is 0 Å². The normalized spacial score (nSPS) is 11.6. The highest BCUT2D eigenvalue weighted by molar-refractivity contribution is 6.13. The maximum Gasteiger partial charge on any atom is 0.216 e. The molecule has 7 aromatic rings. The summed E-state index contributed by atoms with van der Waals surface area (Å²) in [6.07, 6.45) is 2.08.